The zero-order chi connectivity index (χ0) is 11.1. The Morgan fingerprint density at radius 1 is 1.44 bits per heavy atom. The summed E-state index contributed by atoms with van der Waals surface area (Å²) in [4.78, 5) is 13.2. The molecule has 84 valence electrons. The third-order valence-corrected chi connectivity index (χ3v) is 3.47. The normalized spacial score (nSPS) is 27.3. The van der Waals surface area contributed by atoms with Crippen molar-refractivity contribution in [1.29, 1.82) is 0 Å². The second-order valence-corrected chi connectivity index (χ2v) is 4.26. The summed E-state index contributed by atoms with van der Waals surface area (Å²) in [6.45, 7) is 1.03. The molecule has 0 aromatic heterocycles. The maximum absolute atomic E-state index is 11.5. The summed E-state index contributed by atoms with van der Waals surface area (Å²) in [7, 11) is 0. The van der Waals surface area contributed by atoms with Crippen molar-refractivity contribution in [3.8, 4) is 0 Å². The van der Waals surface area contributed by atoms with Gasteiger partial charge in [0, 0.05) is 12.5 Å². The van der Waals surface area contributed by atoms with E-state index in [-0.39, 0.29) is 24.7 Å². The second-order valence-electron chi connectivity index (χ2n) is 4.26. The molecule has 0 aliphatic carbocycles. The van der Waals surface area contributed by atoms with Gasteiger partial charge < -0.3 is 9.84 Å². The van der Waals surface area contributed by atoms with Gasteiger partial charge in [-0.25, -0.2) is 4.79 Å². The molecule has 2 heterocycles. The number of cyclic esters (lactones) is 1. The third-order valence-electron chi connectivity index (χ3n) is 3.47. The highest BCUT2D eigenvalue weighted by molar-refractivity contribution is 5.71. The van der Waals surface area contributed by atoms with Crippen molar-refractivity contribution in [1.82, 2.24) is 4.90 Å². The van der Waals surface area contributed by atoms with Crippen LogP contribution in [0.15, 0.2) is 24.3 Å². The molecule has 16 heavy (non-hydrogen) atoms. The smallest absolute Gasteiger partial charge is 0.410 e. The Morgan fingerprint density at radius 2 is 2.25 bits per heavy atom. The molecule has 0 radical (unpaired) electrons. The second kappa shape index (κ2) is 3.49. The van der Waals surface area contributed by atoms with Gasteiger partial charge in [-0.1, -0.05) is 24.3 Å². The molecule has 1 fully saturated rings. The van der Waals surface area contributed by atoms with E-state index in [2.05, 4.69) is 0 Å². The first kappa shape index (κ1) is 9.66. The lowest BCUT2D eigenvalue weighted by molar-refractivity contribution is 0.148. The molecule has 1 saturated heterocycles. The lowest BCUT2D eigenvalue weighted by Crippen LogP contribution is -2.42. The summed E-state index contributed by atoms with van der Waals surface area (Å²) < 4.78 is 5.04. The fraction of sp³-hybridized carbons (Fsp3) is 0.417. The zero-order valence-electron chi connectivity index (χ0n) is 8.80. The minimum Gasteiger partial charge on any atom is -0.447 e. The Hall–Kier alpha value is -1.55. The van der Waals surface area contributed by atoms with Crippen LogP contribution in [0, 0.1) is 0 Å². The van der Waals surface area contributed by atoms with Crippen LogP contribution in [0.25, 0.3) is 0 Å². The van der Waals surface area contributed by atoms with Crippen LogP contribution in [-0.2, 0) is 11.3 Å². The van der Waals surface area contributed by atoms with Crippen LogP contribution in [0.5, 0.6) is 0 Å². The number of ether oxygens (including phenoxy) is 1. The van der Waals surface area contributed by atoms with E-state index < -0.39 is 0 Å². The minimum absolute atomic E-state index is 0.00704. The number of fused-ring (bicyclic) bond motifs is 2. The van der Waals surface area contributed by atoms with E-state index in [9.17, 15) is 9.90 Å². The van der Waals surface area contributed by atoms with Gasteiger partial charge >= 0.3 is 6.09 Å². The molecule has 1 amide bonds. The molecule has 2 aliphatic heterocycles. The molecule has 1 aromatic rings. The Labute approximate surface area is 93.4 Å². The van der Waals surface area contributed by atoms with Crippen molar-refractivity contribution in [2.75, 3.05) is 13.2 Å². The van der Waals surface area contributed by atoms with E-state index in [1.165, 1.54) is 0 Å². The highest BCUT2D eigenvalue weighted by atomic mass is 16.6. The topological polar surface area (TPSA) is 49.8 Å². The highest BCUT2D eigenvalue weighted by Crippen LogP contribution is 2.36. The van der Waals surface area contributed by atoms with Crippen LogP contribution < -0.4 is 0 Å². The van der Waals surface area contributed by atoms with Crippen LogP contribution in [0.4, 0.5) is 4.79 Å². The Morgan fingerprint density at radius 3 is 3.06 bits per heavy atom. The summed E-state index contributed by atoms with van der Waals surface area (Å²) in [5, 5.41) is 9.48. The van der Waals surface area contributed by atoms with Gasteiger partial charge in [0.1, 0.15) is 6.61 Å². The maximum Gasteiger partial charge on any atom is 0.410 e. The van der Waals surface area contributed by atoms with Gasteiger partial charge in [-0.05, 0) is 11.1 Å². The molecule has 4 nitrogen and oxygen atoms in total. The van der Waals surface area contributed by atoms with Crippen LogP contribution in [0.3, 0.4) is 0 Å². The number of aliphatic hydroxyl groups is 1. The Kier molecular flexibility index (Phi) is 2.11. The molecule has 1 aromatic carbocycles. The Bertz CT molecular complexity index is 432. The first-order valence-electron chi connectivity index (χ1n) is 5.43. The fourth-order valence-electron chi connectivity index (χ4n) is 2.63. The summed E-state index contributed by atoms with van der Waals surface area (Å²) in [6.07, 6.45) is -0.266. The maximum atomic E-state index is 11.5. The van der Waals surface area contributed by atoms with Crippen molar-refractivity contribution >= 4 is 6.09 Å². The van der Waals surface area contributed by atoms with Crippen molar-refractivity contribution < 1.29 is 14.6 Å². The molecule has 2 atom stereocenters. The van der Waals surface area contributed by atoms with Gasteiger partial charge in [0.15, 0.2) is 0 Å². The van der Waals surface area contributed by atoms with Crippen LogP contribution in [0.2, 0.25) is 0 Å². The lowest BCUT2D eigenvalue weighted by atomic mass is 9.85. The van der Waals surface area contributed by atoms with Crippen LogP contribution in [0.1, 0.15) is 17.0 Å². The number of amides is 1. The molecule has 2 aliphatic rings. The van der Waals surface area contributed by atoms with E-state index in [1.54, 1.807) is 4.90 Å². The SMILES string of the molecule is O=C1OC[C@@H]2C(CO)c3ccccc3CN12. The zero-order valence-corrected chi connectivity index (χ0v) is 8.80. The summed E-state index contributed by atoms with van der Waals surface area (Å²) in [5.41, 5.74) is 2.25. The average molecular weight is 219 g/mol. The van der Waals surface area contributed by atoms with Crippen molar-refractivity contribution in [2.24, 2.45) is 0 Å². The van der Waals surface area contributed by atoms with Gasteiger partial charge in [0.2, 0.25) is 0 Å². The van der Waals surface area contributed by atoms with Gasteiger partial charge in [0.25, 0.3) is 0 Å². The number of carbonyl (C=O) groups excluding carboxylic acids is 1. The van der Waals surface area contributed by atoms with Crippen molar-refractivity contribution in [3.63, 3.8) is 0 Å². The van der Waals surface area contributed by atoms with E-state index in [1.807, 2.05) is 24.3 Å². The molecule has 4 heteroatoms. The van der Waals surface area contributed by atoms with Crippen LogP contribution >= 0.6 is 0 Å². The molecule has 1 unspecified atom stereocenters. The number of benzene rings is 1. The van der Waals surface area contributed by atoms with Crippen molar-refractivity contribution in [2.45, 2.75) is 18.5 Å². The predicted molar refractivity (Wildman–Crippen MR) is 56.9 cm³/mol. The first-order valence-corrected chi connectivity index (χ1v) is 5.43. The number of rotatable bonds is 1. The molecular weight excluding hydrogens is 206 g/mol. The standard InChI is InChI=1S/C12H13NO3/c14-6-10-9-4-2-1-3-8(9)5-13-11(10)7-16-12(13)15/h1-4,10-11,14H,5-7H2/t10?,11-/m1/s1. The quantitative estimate of drug-likeness (QED) is 0.769. The molecule has 0 saturated carbocycles. The molecular formula is C12H13NO3. The molecule has 3 rings (SSSR count). The number of nitrogens with zero attached hydrogens (tertiary/aromatic N) is 1. The number of hydrogen-bond acceptors (Lipinski definition) is 3. The molecule has 0 bridgehead atoms. The van der Waals surface area contributed by atoms with E-state index in [0.717, 1.165) is 11.1 Å². The van der Waals surface area contributed by atoms with E-state index in [4.69, 9.17) is 4.74 Å². The average Bonchev–Trinajstić information content (AvgIpc) is 2.68. The van der Waals surface area contributed by atoms with Crippen LogP contribution in [-0.4, -0.2) is 35.4 Å². The summed E-state index contributed by atoms with van der Waals surface area (Å²) >= 11 is 0. The van der Waals surface area contributed by atoms with Gasteiger partial charge in [-0.2, -0.15) is 0 Å². The minimum atomic E-state index is -0.266. The monoisotopic (exact) mass is 219 g/mol. The third kappa shape index (κ3) is 1.23. The Balaban J connectivity index is 2.06. The number of aliphatic hydroxyl groups excluding tert-OH is 1. The van der Waals surface area contributed by atoms with Crippen molar-refractivity contribution in [3.05, 3.63) is 35.4 Å². The van der Waals surface area contributed by atoms with Gasteiger partial charge in [-0.3, -0.25) is 4.90 Å². The predicted octanol–water partition coefficient (Wildman–Crippen LogP) is 1.10. The van der Waals surface area contributed by atoms with E-state index >= 15 is 0 Å². The first-order chi connectivity index (χ1) is 7.81. The fourth-order valence-corrected chi connectivity index (χ4v) is 2.63. The molecule has 0 spiro atoms. The lowest BCUT2D eigenvalue weighted by Gasteiger charge is -2.34. The summed E-state index contributed by atoms with van der Waals surface area (Å²) in [6, 6.07) is 7.94. The number of carbonyl (C=O) groups is 1. The van der Waals surface area contributed by atoms with Gasteiger partial charge in [-0.15, -0.1) is 0 Å². The molecule has 1 N–H and O–H groups in total. The summed E-state index contributed by atoms with van der Waals surface area (Å²) in [5.74, 6) is -0.0172. The highest BCUT2D eigenvalue weighted by Gasteiger charge is 2.42. The largest absolute Gasteiger partial charge is 0.447 e. The number of hydrogen-bond donors (Lipinski definition) is 1. The van der Waals surface area contributed by atoms with E-state index in [0.29, 0.717) is 13.2 Å². The van der Waals surface area contributed by atoms with Gasteiger partial charge in [0.05, 0.1) is 12.6 Å².